The maximum Gasteiger partial charge on any atom is 0.0536 e. The molecule has 0 saturated heterocycles. The molecule has 0 saturated carbocycles. The Morgan fingerprint density at radius 2 is 1.73 bits per heavy atom. The van der Waals surface area contributed by atoms with Crippen molar-refractivity contribution >= 4 is 10.8 Å². The van der Waals surface area contributed by atoms with E-state index in [-0.39, 0.29) is 37.9 Å². The molecular weight excluding hydrogens is 516 g/mol. The molecule has 3 aromatic rings. The molecule has 0 amide bonds. The van der Waals surface area contributed by atoms with E-state index in [0.29, 0.717) is 12.1 Å². The molecule has 3 rings (SSSR count). The van der Waals surface area contributed by atoms with Crippen LogP contribution in [0, 0.1) is 17.7 Å². The first-order chi connectivity index (χ1) is 11.9. The zero-order valence-corrected chi connectivity index (χ0v) is 16.8. The molecule has 6 heteroatoms. The number of fused-ring (bicyclic) bond motifs is 1. The Morgan fingerprint density at radius 3 is 2.31 bits per heavy atom. The minimum atomic E-state index is -0.654. The van der Waals surface area contributed by atoms with Crippen molar-refractivity contribution < 1.29 is 39.1 Å². The van der Waals surface area contributed by atoms with Crippen molar-refractivity contribution in [2.75, 3.05) is 0 Å². The van der Waals surface area contributed by atoms with Gasteiger partial charge in [-0.25, -0.2) is 0 Å². The van der Waals surface area contributed by atoms with Crippen molar-refractivity contribution in [3.63, 3.8) is 0 Å². The number of rotatable bonds is 3. The maximum atomic E-state index is 13.8. The van der Waals surface area contributed by atoms with Crippen molar-refractivity contribution in [3.8, 4) is 11.3 Å². The molecule has 2 unspecified atom stereocenters. The number of aromatic nitrogens is 1. The third-order valence-electron chi connectivity index (χ3n) is 3.45. The van der Waals surface area contributed by atoms with E-state index < -0.39 is 11.6 Å². The maximum absolute atomic E-state index is 13.8. The molecule has 141 valence electrons. The molecule has 2 atom stereocenters. The van der Waals surface area contributed by atoms with Crippen molar-refractivity contribution in [2.45, 2.75) is 32.5 Å². The van der Waals surface area contributed by atoms with Gasteiger partial charge in [-0.3, -0.25) is 8.78 Å². The molecule has 0 aliphatic heterocycles. The van der Waals surface area contributed by atoms with Gasteiger partial charge in [0.25, 0.3) is 0 Å². The molecule has 2 aromatic carbocycles. The van der Waals surface area contributed by atoms with Crippen LogP contribution in [0.2, 0.25) is 0 Å². The molecule has 0 aliphatic rings. The number of hydrogen-bond donors (Lipinski definition) is 2. The Morgan fingerprint density at radius 1 is 1.08 bits per heavy atom. The van der Waals surface area contributed by atoms with Crippen LogP contribution in [-0.2, 0) is 20.1 Å². The molecule has 3 nitrogen and oxygen atoms in total. The summed E-state index contributed by atoms with van der Waals surface area (Å²) in [4.78, 5) is 4.17. The Labute approximate surface area is 165 Å². The van der Waals surface area contributed by atoms with Crippen LogP contribution in [0.25, 0.3) is 22.0 Å². The first-order valence-corrected chi connectivity index (χ1v) is 7.95. The quantitative estimate of drug-likeness (QED) is 0.496. The van der Waals surface area contributed by atoms with E-state index >= 15 is 0 Å². The fourth-order valence-electron chi connectivity index (χ4n) is 2.44. The summed E-state index contributed by atoms with van der Waals surface area (Å²) in [5.41, 5.74) is 0.666. The fourth-order valence-corrected chi connectivity index (χ4v) is 2.44. The first-order valence-electron chi connectivity index (χ1n) is 7.95. The summed E-state index contributed by atoms with van der Waals surface area (Å²) in [5.74, 6) is -1.30. The number of aliphatic hydroxyl groups excluding tert-OH is 2. The van der Waals surface area contributed by atoms with Gasteiger partial charge in [0.15, 0.2) is 0 Å². The monoisotopic (exact) mass is 537 g/mol. The number of hydrogen-bond acceptors (Lipinski definition) is 3. The summed E-state index contributed by atoms with van der Waals surface area (Å²) >= 11 is 0. The van der Waals surface area contributed by atoms with Crippen molar-refractivity contribution in [1.29, 1.82) is 0 Å². The second-order valence-corrected chi connectivity index (χ2v) is 5.86. The molecule has 0 aliphatic carbocycles. The summed E-state index contributed by atoms with van der Waals surface area (Å²) in [6, 6.07) is 13.9. The van der Waals surface area contributed by atoms with Gasteiger partial charge in [-0.2, -0.15) is 0 Å². The van der Waals surface area contributed by atoms with Crippen molar-refractivity contribution in [1.82, 2.24) is 4.98 Å². The second kappa shape index (κ2) is 10.4. The summed E-state index contributed by atoms with van der Waals surface area (Å²) in [6.45, 7) is 3.32. The van der Waals surface area contributed by atoms with Gasteiger partial charge < -0.3 is 15.2 Å². The van der Waals surface area contributed by atoms with E-state index in [4.69, 9.17) is 10.2 Å². The van der Waals surface area contributed by atoms with Crippen LogP contribution < -0.4 is 0 Å². The second-order valence-electron chi connectivity index (χ2n) is 5.86. The zero-order chi connectivity index (χ0) is 18.4. The third-order valence-corrected chi connectivity index (χ3v) is 3.45. The predicted molar refractivity (Wildman–Crippen MR) is 93.9 cm³/mol. The molecule has 0 bridgehead atoms. The minimum absolute atomic E-state index is 0. The largest absolute Gasteiger partial charge is 0.393 e. The molecule has 0 spiro atoms. The fraction of sp³-hybridized carbons (Fsp3) is 0.250. The normalized spacial score (nSPS) is 12.5. The molecule has 2 N–H and O–H groups in total. The SMILES string of the molecule is CC(O)CC(C)O.Fc1c[c-]c(-c2nccc3ccccc23)c(F)c1.[Ir]. The minimum Gasteiger partial charge on any atom is -0.393 e. The number of halogens is 2. The van der Waals surface area contributed by atoms with E-state index in [9.17, 15) is 8.78 Å². The van der Waals surface area contributed by atoms with Crippen LogP contribution in [0.4, 0.5) is 8.78 Å². The number of aliphatic hydroxyl groups is 2. The summed E-state index contributed by atoms with van der Waals surface area (Å²) in [5, 5.41) is 18.9. The van der Waals surface area contributed by atoms with Gasteiger partial charge in [-0.05, 0) is 42.8 Å². The average molecular weight is 537 g/mol. The van der Waals surface area contributed by atoms with Crippen molar-refractivity contribution in [3.05, 3.63) is 66.4 Å². The van der Waals surface area contributed by atoms with Gasteiger partial charge in [0.05, 0.1) is 12.2 Å². The summed E-state index contributed by atoms with van der Waals surface area (Å²) < 4.78 is 26.6. The van der Waals surface area contributed by atoms with Gasteiger partial charge in [-0.1, -0.05) is 35.9 Å². The van der Waals surface area contributed by atoms with Gasteiger partial charge in [0.1, 0.15) is 0 Å². The van der Waals surface area contributed by atoms with Crippen LogP contribution in [0.1, 0.15) is 20.3 Å². The van der Waals surface area contributed by atoms with Crippen molar-refractivity contribution in [2.24, 2.45) is 0 Å². The van der Waals surface area contributed by atoms with Crippen LogP contribution >= 0.6 is 0 Å². The molecular formula is C20H20F2IrNO2-. The average Bonchev–Trinajstić information content (AvgIpc) is 2.54. The molecule has 1 heterocycles. The standard InChI is InChI=1S/C15H8F2N.C5H12O2.Ir/c16-11-5-6-13(14(17)9-11)15-12-4-2-1-3-10(12)7-8-18-15;1-4(6)3-5(2)7;/h1-5,7-9H;4-7H,3H2,1-2H3;/q-1;;. The molecule has 0 fully saturated rings. The Kier molecular flexibility index (Phi) is 8.96. The van der Waals surface area contributed by atoms with Gasteiger partial charge in [0.2, 0.25) is 0 Å². The first kappa shape index (κ1) is 22.3. The van der Waals surface area contributed by atoms with E-state index in [0.717, 1.165) is 22.9 Å². The van der Waals surface area contributed by atoms with Gasteiger partial charge in [-0.15, -0.1) is 12.1 Å². The third kappa shape index (κ3) is 6.22. The smallest absolute Gasteiger partial charge is 0.0536 e. The van der Waals surface area contributed by atoms with E-state index in [1.807, 2.05) is 30.3 Å². The topological polar surface area (TPSA) is 53.4 Å². The number of pyridine rings is 1. The van der Waals surface area contributed by atoms with E-state index in [1.165, 1.54) is 0 Å². The van der Waals surface area contributed by atoms with Crippen LogP contribution in [0.15, 0.2) is 48.7 Å². The summed E-state index contributed by atoms with van der Waals surface area (Å²) in [7, 11) is 0. The molecule has 1 radical (unpaired) electrons. The predicted octanol–water partition coefficient (Wildman–Crippen LogP) is 4.12. The Hall–Kier alpha value is -1.72. The van der Waals surface area contributed by atoms with Crippen LogP contribution in [0.5, 0.6) is 0 Å². The van der Waals surface area contributed by atoms with E-state index in [2.05, 4.69) is 11.1 Å². The number of benzene rings is 2. The van der Waals surface area contributed by atoms with Crippen LogP contribution in [-0.4, -0.2) is 27.4 Å². The number of nitrogens with zero attached hydrogens (tertiary/aromatic N) is 1. The summed E-state index contributed by atoms with van der Waals surface area (Å²) in [6.07, 6.45) is 1.33. The van der Waals surface area contributed by atoms with E-state index in [1.54, 1.807) is 20.0 Å². The van der Waals surface area contributed by atoms with Crippen LogP contribution in [0.3, 0.4) is 0 Å². The molecule has 1 aromatic heterocycles. The van der Waals surface area contributed by atoms with Gasteiger partial charge >= 0.3 is 0 Å². The van der Waals surface area contributed by atoms with Gasteiger partial charge in [0, 0.05) is 37.9 Å². The molecule has 26 heavy (non-hydrogen) atoms. The Bertz CT molecular complexity index is 830. The Balaban J connectivity index is 0.000000366. The zero-order valence-electron chi connectivity index (χ0n) is 14.4.